The van der Waals surface area contributed by atoms with Crippen molar-refractivity contribution in [3.8, 4) is 5.75 Å². The summed E-state index contributed by atoms with van der Waals surface area (Å²) >= 11 is 0. The van der Waals surface area contributed by atoms with E-state index in [0.29, 0.717) is 17.1 Å². The number of sulfone groups is 1. The number of hydrogen-bond donors (Lipinski definition) is 2. The van der Waals surface area contributed by atoms with E-state index in [-0.39, 0.29) is 40.8 Å². The van der Waals surface area contributed by atoms with Crippen molar-refractivity contribution >= 4 is 15.7 Å². The Bertz CT molecular complexity index is 1520. The lowest BCUT2D eigenvalue weighted by molar-refractivity contribution is -0.139. The predicted octanol–water partition coefficient (Wildman–Crippen LogP) is 4.45. The smallest absolute Gasteiger partial charge is 0.420 e. The average molecular weight is 612 g/mol. The molecule has 0 spiro atoms. The van der Waals surface area contributed by atoms with Gasteiger partial charge in [-0.25, -0.2) is 13.4 Å². The number of carbonyl (C=O) groups is 1. The zero-order chi connectivity index (χ0) is 31.5. The number of halogens is 3. The van der Waals surface area contributed by atoms with E-state index in [1.54, 1.807) is 25.3 Å². The van der Waals surface area contributed by atoms with Crippen LogP contribution in [0.2, 0.25) is 0 Å². The lowest BCUT2D eigenvalue weighted by Crippen LogP contribution is -2.31. The van der Waals surface area contributed by atoms with Gasteiger partial charge in [0.1, 0.15) is 22.8 Å². The predicted molar refractivity (Wildman–Crippen MR) is 150 cm³/mol. The number of methoxy groups -OCH3 is 2. The van der Waals surface area contributed by atoms with E-state index >= 15 is 0 Å². The summed E-state index contributed by atoms with van der Waals surface area (Å²) in [5.74, 6) is -0.725. The molecule has 42 heavy (non-hydrogen) atoms. The summed E-state index contributed by atoms with van der Waals surface area (Å²) in [6, 6.07) is 8.97. The summed E-state index contributed by atoms with van der Waals surface area (Å²) in [7, 11) is -0.779. The molecule has 13 heteroatoms. The Balaban J connectivity index is 2.05. The van der Waals surface area contributed by atoms with Gasteiger partial charge in [0, 0.05) is 24.8 Å². The summed E-state index contributed by atoms with van der Waals surface area (Å²) in [5, 5.41) is 12.7. The van der Waals surface area contributed by atoms with Crippen molar-refractivity contribution in [1.29, 1.82) is 0 Å². The van der Waals surface area contributed by atoms with Crippen molar-refractivity contribution in [3.63, 3.8) is 0 Å². The first-order valence-corrected chi connectivity index (χ1v) is 14.8. The number of aromatic nitrogens is 2. The van der Waals surface area contributed by atoms with Gasteiger partial charge in [-0.2, -0.15) is 13.2 Å². The number of carbonyl (C=O) groups excluding carboxylic acids is 1. The molecule has 1 amide bonds. The molecule has 0 aliphatic rings. The van der Waals surface area contributed by atoms with Gasteiger partial charge in [-0.05, 0) is 36.2 Å². The van der Waals surface area contributed by atoms with Gasteiger partial charge in [-0.3, -0.25) is 4.79 Å². The third kappa shape index (κ3) is 6.96. The average Bonchev–Trinajstić information content (AvgIpc) is 3.27. The number of rotatable bonds is 12. The van der Waals surface area contributed by atoms with Crippen LogP contribution in [0, 0.1) is 6.92 Å². The van der Waals surface area contributed by atoms with Crippen LogP contribution in [0.1, 0.15) is 65.5 Å². The molecule has 9 nitrogen and oxygen atoms in total. The van der Waals surface area contributed by atoms with Crippen molar-refractivity contribution in [1.82, 2.24) is 14.9 Å². The minimum Gasteiger partial charge on any atom is -0.496 e. The minimum absolute atomic E-state index is 0.0331. The number of hydrogen-bond acceptors (Lipinski definition) is 7. The highest BCUT2D eigenvalue weighted by Crippen LogP contribution is 2.39. The van der Waals surface area contributed by atoms with E-state index in [2.05, 4.69) is 10.3 Å². The van der Waals surface area contributed by atoms with E-state index < -0.39 is 45.5 Å². The number of nitrogens with zero attached hydrogens (tertiary/aromatic N) is 2. The Morgan fingerprint density at radius 2 is 1.76 bits per heavy atom. The van der Waals surface area contributed by atoms with Gasteiger partial charge in [0.25, 0.3) is 5.91 Å². The van der Waals surface area contributed by atoms with Gasteiger partial charge in [0.15, 0.2) is 9.84 Å². The molecule has 0 radical (unpaired) electrons. The third-order valence-corrected chi connectivity index (χ3v) is 8.75. The number of nitrogens with one attached hydrogen (secondary N) is 1. The Kier molecular flexibility index (Phi) is 10.1. The maximum absolute atomic E-state index is 14.1. The number of aliphatic hydroxyl groups excluding tert-OH is 1. The number of benzene rings is 2. The Morgan fingerprint density at radius 1 is 1.12 bits per heavy atom. The van der Waals surface area contributed by atoms with Crippen LogP contribution >= 0.6 is 0 Å². The fraction of sp³-hybridized carbons (Fsp3) is 0.448. The molecule has 1 heterocycles. The zero-order valence-corrected chi connectivity index (χ0v) is 25.2. The zero-order valence-electron chi connectivity index (χ0n) is 24.4. The monoisotopic (exact) mass is 611 g/mol. The van der Waals surface area contributed by atoms with Crippen LogP contribution in [-0.4, -0.2) is 62.2 Å². The summed E-state index contributed by atoms with van der Waals surface area (Å²) in [5.41, 5.74) is -1.05. The third-order valence-electron chi connectivity index (χ3n) is 7.00. The first kappa shape index (κ1) is 33.1. The van der Waals surface area contributed by atoms with Crippen LogP contribution in [0.15, 0.2) is 47.4 Å². The molecule has 230 valence electrons. The van der Waals surface area contributed by atoms with E-state index in [1.807, 2.05) is 0 Å². The van der Waals surface area contributed by atoms with Crippen LogP contribution in [-0.2, 0) is 32.7 Å². The highest BCUT2D eigenvalue weighted by atomic mass is 32.2. The number of amides is 1. The number of ether oxygens (including phenoxy) is 2. The van der Waals surface area contributed by atoms with Crippen molar-refractivity contribution < 1.29 is 41.0 Å². The standard InChI is InChI=1S/C29H36F3N3O6S/c1-7-42(38,39)21-13-11-19(12-14-21)22(16-36)33-26(37)25-18(2)35(27(34-25)28(3,4)17-40-5)15-20-9-8-10-23(41-6)24(20)29(30,31)32/h8-14,22,36H,7,15-17H2,1-6H3,(H,33,37). The second-order valence-electron chi connectivity index (χ2n) is 10.4. The van der Waals surface area contributed by atoms with Gasteiger partial charge in [-0.15, -0.1) is 0 Å². The minimum atomic E-state index is -4.70. The molecule has 2 aromatic carbocycles. The molecule has 0 saturated carbocycles. The summed E-state index contributed by atoms with van der Waals surface area (Å²) in [6.45, 7) is 6.14. The molecule has 0 fully saturated rings. The van der Waals surface area contributed by atoms with Crippen molar-refractivity contribution in [3.05, 3.63) is 76.4 Å². The highest BCUT2D eigenvalue weighted by molar-refractivity contribution is 7.91. The molecule has 2 N–H and O–H groups in total. The summed E-state index contributed by atoms with van der Waals surface area (Å²) in [6.07, 6.45) is -4.70. The number of aliphatic hydroxyl groups is 1. The number of alkyl halides is 3. The molecule has 1 aromatic heterocycles. The fourth-order valence-corrected chi connectivity index (χ4v) is 5.67. The maximum Gasteiger partial charge on any atom is 0.420 e. The molecular formula is C29H36F3N3O6S. The molecule has 3 rings (SSSR count). The van der Waals surface area contributed by atoms with Crippen molar-refractivity contribution in [2.45, 2.75) is 56.8 Å². The second kappa shape index (κ2) is 12.8. The van der Waals surface area contributed by atoms with E-state index in [0.717, 1.165) is 0 Å². The van der Waals surface area contributed by atoms with Gasteiger partial charge >= 0.3 is 6.18 Å². The lowest BCUT2D eigenvalue weighted by atomic mass is 9.93. The number of imidazole rings is 1. The largest absolute Gasteiger partial charge is 0.496 e. The van der Waals surface area contributed by atoms with E-state index in [9.17, 15) is 31.5 Å². The molecule has 1 unspecified atom stereocenters. The molecule has 0 aliphatic carbocycles. The summed E-state index contributed by atoms with van der Waals surface area (Å²) < 4.78 is 78.5. The molecule has 0 bridgehead atoms. The second-order valence-corrected chi connectivity index (χ2v) is 12.7. The summed E-state index contributed by atoms with van der Waals surface area (Å²) in [4.78, 5) is 18.2. The SMILES string of the molecule is CCS(=O)(=O)c1ccc(C(CO)NC(=O)c2nc(C(C)(C)COC)n(Cc3cccc(OC)c3C(F)(F)F)c2C)cc1. The van der Waals surface area contributed by atoms with Crippen LogP contribution < -0.4 is 10.1 Å². The lowest BCUT2D eigenvalue weighted by Gasteiger charge is -2.25. The normalized spacial score (nSPS) is 13.2. The van der Waals surface area contributed by atoms with Crippen LogP contribution in [0.3, 0.4) is 0 Å². The molecule has 0 aliphatic heterocycles. The van der Waals surface area contributed by atoms with Gasteiger partial charge in [-0.1, -0.05) is 45.0 Å². The fourth-order valence-electron chi connectivity index (χ4n) is 4.79. The first-order valence-electron chi connectivity index (χ1n) is 13.1. The molecular weight excluding hydrogens is 575 g/mol. The Morgan fingerprint density at radius 3 is 2.29 bits per heavy atom. The molecule has 1 atom stereocenters. The maximum atomic E-state index is 14.1. The first-order chi connectivity index (χ1) is 19.6. The van der Waals surface area contributed by atoms with E-state index in [1.165, 1.54) is 63.6 Å². The van der Waals surface area contributed by atoms with Crippen molar-refractivity contribution in [2.75, 3.05) is 33.2 Å². The van der Waals surface area contributed by atoms with Crippen molar-refractivity contribution in [2.24, 2.45) is 0 Å². The van der Waals surface area contributed by atoms with Crippen LogP contribution in [0.5, 0.6) is 5.75 Å². The Hall–Kier alpha value is -3.42. The molecule has 0 saturated heterocycles. The quantitative estimate of drug-likeness (QED) is 0.311. The van der Waals surface area contributed by atoms with Gasteiger partial charge in [0.2, 0.25) is 0 Å². The molecule has 3 aromatic rings. The van der Waals surface area contributed by atoms with Crippen LogP contribution in [0.25, 0.3) is 0 Å². The Labute approximate surface area is 243 Å². The highest BCUT2D eigenvalue weighted by Gasteiger charge is 2.38. The van der Waals surface area contributed by atoms with Gasteiger partial charge < -0.3 is 24.5 Å². The van der Waals surface area contributed by atoms with Gasteiger partial charge in [0.05, 0.1) is 37.0 Å². The topological polar surface area (TPSA) is 120 Å². The van der Waals surface area contributed by atoms with E-state index in [4.69, 9.17) is 9.47 Å². The van der Waals surface area contributed by atoms with Crippen LogP contribution in [0.4, 0.5) is 13.2 Å².